The molecule has 124 valence electrons. The van der Waals surface area contributed by atoms with Gasteiger partial charge in [-0.25, -0.2) is 0 Å². The van der Waals surface area contributed by atoms with Gasteiger partial charge < -0.3 is 10.1 Å². The van der Waals surface area contributed by atoms with Crippen LogP contribution >= 0.6 is 12.2 Å². The highest BCUT2D eigenvalue weighted by Gasteiger charge is 2.13. The first-order chi connectivity index (χ1) is 11.3. The van der Waals surface area contributed by atoms with Crippen molar-refractivity contribution >= 4 is 23.0 Å². The Hall–Kier alpha value is -1.50. The number of aryl methyl sites for hydroxylation is 1. The summed E-state index contributed by atoms with van der Waals surface area (Å²) in [5.74, 6) is 0. The van der Waals surface area contributed by atoms with Crippen molar-refractivity contribution in [3.8, 4) is 0 Å². The van der Waals surface area contributed by atoms with Gasteiger partial charge in [0.1, 0.15) is 0 Å². The average molecular weight is 332 g/mol. The molecule has 1 saturated heterocycles. The average Bonchev–Trinajstić information content (AvgIpc) is 2.61. The van der Waals surface area contributed by atoms with E-state index in [1.807, 2.05) is 0 Å². The van der Waals surface area contributed by atoms with Crippen LogP contribution in [0.2, 0.25) is 0 Å². The molecule has 1 aromatic rings. The summed E-state index contributed by atoms with van der Waals surface area (Å²) >= 11 is 5.29. The number of hydrogen-bond acceptors (Lipinski definition) is 4. The first-order valence-electron chi connectivity index (χ1n) is 8.27. The SMILES string of the molecule is S=C(NCCN1CCOCC1)N/N=C1/CCc2ccccc2C1. The van der Waals surface area contributed by atoms with Gasteiger partial charge in [-0.15, -0.1) is 0 Å². The van der Waals surface area contributed by atoms with Gasteiger partial charge in [0.15, 0.2) is 5.11 Å². The lowest BCUT2D eigenvalue weighted by Crippen LogP contribution is -2.43. The number of fused-ring (bicyclic) bond motifs is 1. The normalized spacial score (nSPS) is 20.1. The Bertz CT molecular complexity index is 569. The van der Waals surface area contributed by atoms with E-state index < -0.39 is 0 Å². The van der Waals surface area contributed by atoms with Crippen LogP contribution in [0.15, 0.2) is 29.4 Å². The zero-order chi connectivity index (χ0) is 15.9. The number of hydrogen-bond donors (Lipinski definition) is 2. The molecule has 6 heteroatoms. The number of benzene rings is 1. The zero-order valence-corrected chi connectivity index (χ0v) is 14.2. The number of thiocarbonyl (C=S) groups is 1. The third kappa shape index (κ3) is 4.99. The minimum Gasteiger partial charge on any atom is -0.379 e. The van der Waals surface area contributed by atoms with Crippen LogP contribution in [0.4, 0.5) is 0 Å². The first kappa shape index (κ1) is 16.4. The molecule has 23 heavy (non-hydrogen) atoms. The Morgan fingerprint density at radius 2 is 1.96 bits per heavy atom. The van der Waals surface area contributed by atoms with Crippen LogP contribution in [0.1, 0.15) is 17.5 Å². The maximum absolute atomic E-state index is 5.34. The standard InChI is InChI=1S/C17H24N4OS/c23-17(18-7-8-21-9-11-22-12-10-21)20-19-16-6-5-14-3-1-2-4-15(14)13-16/h1-4H,5-13H2,(H2,18,20,23)/b19-16-. The lowest BCUT2D eigenvalue weighted by molar-refractivity contribution is 0.0389. The van der Waals surface area contributed by atoms with E-state index in [4.69, 9.17) is 17.0 Å². The molecule has 0 atom stereocenters. The van der Waals surface area contributed by atoms with E-state index in [0.717, 1.165) is 58.7 Å². The maximum Gasteiger partial charge on any atom is 0.186 e. The molecule has 5 nitrogen and oxygen atoms in total. The van der Waals surface area contributed by atoms with Crippen molar-refractivity contribution in [2.75, 3.05) is 39.4 Å². The Labute approximate surface area is 143 Å². The van der Waals surface area contributed by atoms with Gasteiger partial charge in [0.25, 0.3) is 0 Å². The molecule has 1 aliphatic carbocycles. The number of hydrazone groups is 1. The molecular weight excluding hydrogens is 308 g/mol. The highest BCUT2D eigenvalue weighted by Crippen LogP contribution is 2.18. The second-order valence-corrected chi connectivity index (χ2v) is 6.35. The van der Waals surface area contributed by atoms with Crippen molar-refractivity contribution < 1.29 is 4.74 Å². The molecule has 3 rings (SSSR count). The van der Waals surface area contributed by atoms with Crippen molar-refractivity contribution in [3.63, 3.8) is 0 Å². The van der Waals surface area contributed by atoms with E-state index in [0.29, 0.717) is 5.11 Å². The summed E-state index contributed by atoms with van der Waals surface area (Å²) in [6.45, 7) is 5.48. The van der Waals surface area contributed by atoms with Crippen LogP contribution in [0.5, 0.6) is 0 Å². The van der Waals surface area contributed by atoms with Gasteiger partial charge in [-0.2, -0.15) is 5.10 Å². The van der Waals surface area contributed by atoms with Gasteiger partial charge in [-0.3, -0.25) is 10.3 Å². The van der Waals surface area contributed by atoms with Gasteiger partial charge in [-0.05, 0) is 36.2 Å². The fourth-order valence-electron chi connectivity index (χ4n) is 2.98. The summed E-state index contributed by atoms with van der Waals surface area (Å²) in [7, 11) is 0. The van der Waals surface area contributed by atoms with Gasteiger partial charge in [0.2, 0.25) is 0 Å². The Balaban J connectivity index is 1.38. The molecule has 0 aromatic heterocycles. The van der Waals surface area contributed by atoms with Crippen LogP contribution in [0.3, 0.4) is 0 Å². The van der Waals surface area contributed by atoms with E-state index in [-0.39, 0.29) is 0 Å². The highest BCUT2D eigenvalue weighted by molar-refractivity contribution is 7.80. The summed E-state index contributed by atoms with van der Waals surface area (Å²) in [6, 6.07) is 8.58. The quantitative estimate of drug-likeness (QED) is 0.643. The monoisotopic (exact) mass is 332 g/mol. The maximum atomic E-state index is 5.34. The minimum atomic E-state index is 0.601. The van der Waals surface area contributed by atoms with Crippen molar-refractivity contribution in [2.45, 2.75) is 19.3 Å². The van der Waals surface area contributed by atoms with E-state index >= 15 is 0 Å². The summed E-state index contributed by atoms with van der Waals surface area (Å²) in [5, 5.41) is 8.30. The number of morpholine rings is 1. The Morgan fingerprint density at radius 1 is 1.17 bits per heavy atom. The van der Waals surface area contributed by atoms with Crippen LogP contribution < -0.4 is 10.7 Å². The van der Waals surface area contributed by atoms with Crippen molar-refractivity contribution in [2.24, 2.45) is 5.10 Å². The van der Waals surface area contributed by atoms with Gasteiger partial charge in [0.05, 0.1) is 13.2 Å². The predicted molar refractivity (Wildman–Crippen MR) is 96.9 cm³/mol. The summed E-state index contributed by atoms with van der Waals surface area (Å²) in [4.78, 5) is 2.38. The molecule has 1 heterocycles. The van der Waals surface area contributed by atoms with Crippen LogP contribution in [-0.4, -0.2) is 55.1 Å². The van der Waals surface area contributed by atoms with Crippen LogP contribution in [-0.2, 0) is 17.6 Å². The topological polar surface area (TPSA) is 48.9 Å². The van der Waals surface area contributed by atoms with Crippen LogP contribution in [0, 0.1) is 0 Å². The Morgan fingerprint density at radius 3 is 2.78 bits per heavy atom. The highest BCUT2D eigenvalue weighted by atomic mass is 32.1. The van der Waals surface area contributed by atoms with Gasteiger partial charge >= 0.3 is 0 Å². The number of rotatable bonds is 4. The van der Waals surface area contributed by atoms with E-state index in [9.17, 15) is 0 Å². The summed E-state index contributed by atoms with van der Waals surface area (Å²) in [5.41, 5.74) is 6.98. The molecule has 0 unspecified atom stereocenters. The molecule has 0 amide bonds. The predicted octanol–water partition coefficient (Wildman–Crippen LogP) is 1.33. The van der Waals surface area contributed by atoms with Crippen LogP contribution in [0.25, 0.3) is 0 Å². The Kier molecular flexibility index (Phi) is 5.96. The third-order valence-corrected chi connectivity index (χ3v) is 4.56. The van der Waals surface area contributed by atoms with Gasteiger partial charge in [-0.1, -0.05) is 24.3 Å². The molecule has 0 saturated carbocycles. The molecule has 2 N–H and O–H groups in total. The lowest BCUT2D eigenvalue weighted by atomic mass is 9.90. The molecule has 1 aliphatic heterocycles. The number of ether oxygens (including phenoxy) is 1. The molecule has 0 spiro atoms. The lowest BCUT2D eigenvalue weighted by Gasteiger charge is -2.26. The third-order valence-electron chi connectivity index (χ3n) is 4.33. The fourth-order valence-corrected chi connectivity index (χ4v) is 3.13. The van der Waals surface area contributed by atoms with E-state index in [1.165, 1.54) is 16.8 Å². The van der Waals surface area contributed by atoms with E-state index in [1.54, 1.807) is 0 Å². The molecule has 2 aliphatic rings. The molecular formula is C17H24N4OS. The van der Waals surface area contributed by atoms with Crippen molar-refractivity contribution in [1.29, 1.82) is 0 Å². The zero-order valence-electron chi connectivity index (χ0n) is 13.4. The molecule has 1 aromatic carbocycles. The second kappa shape index (κ2) is 8.38. The fraction of sp³-hybridized carbons (Fsp3) is 0.529. The molecule has 0 radical (unpaired) electrons. The number of nitrogens with zero attached hydrogens (tertiary/aromatic N) is 2. The van der Waals surface area contributed by atoms with Gasteiger partial charge in [0, 0.05) is 38.3 Å². The second-order valence-electron chi connectivity index (χ2n) is 5.95. The van der Waals surface area contributed by atoms with Crippen molar-refractivity contribution in [1.82, 2.24) is 15.6 Å². The number of nitrogens with one attached hydrogen (secondary N) is 2. The smallest absolute Gasteiger partial charge is 0.186 e. The minimum absolute atomic E-state index is 0.601. The van der Waals surface area contributed by atoms with E-state index in [2.05, 4.69) is 45.0 Å². The summed E-state index contributed by atoms with van der Waals surface area (Å²) < 4.78 is 5.34. The molecule has 0 bridgehead atoms. The van der Waals surface area contributed by atoms with Crippen molar-refractivity contribution in [3.05, 3.63) is 35.4 Å². The largest absolute Gasteiger partial charge is 0.379 e. The first-order valence-corrected chi connectivity index (χ1v) is 8.68. The molecule has 1 fully saturated rings. The summed E-state index contributed by atoms with van der Waals surface area (Å²) in [6.07, 6.45) is 2.98.